The van der Waals surface area contributed by atoms with E-state index < -0.39 is 0 Å². The summed E-state index contributed by atoms with van der Waals surface area (Å²) in [6, 6.07) is 9.90. The molecule has 0 saturated carbocycles. The molecule has 0 atom stereocenters. The molecule has 0 spiro atoms. The van der Waals surface area contributed by atoms with Crippen LogP contribution in [0.1, 0.15) is 0 Å². The Kier molecular flexibility index (Phi) is 5.79. The van der Waals surface area contributed by atoms with Gasteiger partial charge in [-0.05, 0) is 24.3 Å². The van der Waals surface area contributed by atoms with E-state index in [1.54, 1.807) is 6.33 Å². The zero-order valence-corrected chi connectivity index (χ0v) is 14.4. The van der Waals surface area contributed by atoms with Crippen LogP contribution >= 0.6 is 15.9 Å². The molecular formula is C16H20BrN5O. The van der Waals surface area contributed by atoms with Gasteiger partial charge in [-0.1, -0.05) is 15.9 Å². The molecule has 1 aromatic heterocycles. The van der Waals surface area contributed by atoms with E-state index in [0.29, 0.717) is 0 Å². The maximum Gasteiger partial charge on any atom is 0.135 e. The normalized spacial score (nSPS) is 15.3. The van der Waals surface area contributed by atoms with Crippen LogP contribution in [0.15, 0.2) is 41.1 Å². The number of nitrogens with one attached hydrogen (secondary N) is 2. The predicted octanol–water partition coefficient (Wildman–Crippen LogP) is 2.73. The third kappa shape index (κ3) is 5.16. The smallest absolute Gasteiger partial charge is 0.135 e. The van der Waals surface area contributed by atoms with Gasteiger partial charge in [0.2, 0.25) is 0 Å². The first-order valence-corrected chi connectivity index (χ1v) is 8.47. The Bertz CT molecular complexity index is 616. The number of ether oxygens (including phenoxy) is 1. The summed E-state index contributed by atoms with van der Waals surface area (Å²) in [7, 11) is 0. The largest absolute Gasteiger partial charge is 0.379 e. The lowest BCUT2D eigenvalue weighted by Gasteiger charge is -2.26. The molecule has 3 rings (SSSR count). The highest BCUT2D eigenvalue weighted by molar-refractivity contribution is 9.10. The molecule has 23 heavy (non-hydrogen) atoms. The van der Waals surface area contributed by atoms with Gasteiger partial charge >= 0.3 is 0 Å². The van der Waals surface area contributed by atoms with Crippen molar-refractivity contribution in [1.82, 2.24) is 14.9 Å². The van der Waals surface area contributed by atoms with Crippen LogP contribution in [0.4, 0.5) is 17.3 Å². The number of rotatable bonds is 6. The molecular weight excluding hydrogens is 358 g/mol. The van der Waals surface area contributed by atoms with Crippen LogP contribution in [0, 0.1) is 0 Å². The van der Waals surface area contributed by atoms with Crippen LogP contribution < -0.4 is 10.6 Å². The van der Waals surface area contributed by atoms with Crippen molar-refractivity contribution in [3.05, 3.63) is 41.1 Å². The molecule has 2 aromatic rings. The van der Waals surface area contributed by atoms with E-state index in [9.17, 15) is 0 Å². The van der Waals surface area contributed by atoms with E-state index >= 15 is 0 Å². The molecule has 1 fully saturated rings. The second-order valence-corrected chi connectivity index (χ2v) is 6.22. The van der Waals surface area contributed by atoms with Gasteiger partial charge in [0, 0.05) is 42.4 Å². The molecule has 0 unspecified atom stereocenters. The van der Waals surface area contributed by atoms with Gasteiger partial charge in [-0.3, -0.25) is 4.90 Å². The highest BCUT2D eigenvalue weighted by Gasteiger charge is 2.09. The summed E-state index contributed by atoms with van der Waals surface area (Å²) in [5.41, 5.74) is 0.992. The Labute approximate surface area is 144 Å². The Balaban J connectivity index is 1.51. The van der Waals surface area contributed by atoms with Crippen molar-refractivity contribution in [3.8, 4) is 0 Å². The van der Waals surface area contributed by atoms with Crippen molar-refractivity contribution in [2.24, 2.45) is 0 Å². The highest BCUT2D eigenvalue weighted by Crippen LogP contribution is 2.18. The number of benzene rings is 1. The van der Waals surface area contributed by atoms with Crippen LogP contribution in [0.5, 0.6) is 0 Å². The summed E-state index contributed by atoms with van der Waals surface area (Å²) in [6.07, 6.45) is 1.57. The molecule has 0 radical (unpaired) electrons. The van der Waals surface area contributed by atoms with E-state index in [4.69, 9.17) is 4.74 Å². The SMILES string of the molecule is Brc1ccc(Nc2cc(NCCN3CCOCC3)ncn2)cc1. The summed E-state index contributed by atoms with van der Waals surface area (Å²) in [4.78, 5) is 10.9. The molecule has 7 heteroatoms. The topological polar surface area (TPSA) is 62.3 Å². The fourth-order valence-corrected chi connectivity index (χ4v) is 2.63. The van der Waals surface area contributed by atoms with Crippen molar-refractivity contribution in [2.45, 2.75) is 0 Å². The molecule has 122 valence electrons. The number of nitrogens with zero attached hydrogens (tertiary/aromatic N) is 3. The van der Waals surface area contributed by atoms with Crippen LogP contribution in [0.2, 0.25) is 0 Å². The molecule has 1 aromatic carbocycles. The summed E-state index contributed by atoms with van der Waals surface area (Å²) >= 11 is 3.43. The van der Waals surface area contributed by atoms with Crippen molar-refractivity contribution < 1.29 is 4.74 Å². The minimum atomic E-state index is 0.774. The molecule has 2 N–H and O–H groups in total. The zero-order valence-electron chi connectivity index (χ0n) is 12.8. The summed E-state index contributed by atoms with van der Waals surface area (Å²) < 4.78 is 6.40. The maximum absolute atomic E-state index is 5.35. The first kappa shape index (κ1) is 16.2. The quantitative estimate of drug-likeness (QED) is 0.806. The number of halogens is 1. The molecule has 2 heterocycles. The lowest BCUT2D eigenvalue weighted by atomic mass is 10.3. The van der Waals surface area contributed by atoms with Crippen molar-refractivity contribution in [1.29, 1.82) is 0 Å². The monoisotopic (exact) mass is 377 g/mol. The number of aromatic nitrogens is 2. The first-order chi connectivity index (χ1) is 11.3. The highest BCUT2D eigenvalue weighted by atomic mass is 79.9. The predicted molar refractivity (Wildman–Crippen MR) is 95.2 cm³/mol. The third-order valence-corrected chi connectivity index (χ3v) is 4.15. The average molecular weight is 378 g/mol. The Morgan fingerprint density at radius 3 is 2.61 bits per heavy atom. The zero-order chi connectivity index (χ0) is 15.9. The fraction of sp³-hybridized carbons (Fsp3) is 0.375. The van der Waals surface area contributed by atoms with Gasteiger partial charge in [-0.25, -0.2) is 9.97 Å². The average Bonchev–Trinajstić information content (AvgIpc) is 2.58. The molecule has 0 aliphatic carbocycles. The van der Waals surface area contributed by atoms with E-state index in [-0.39, 0.29) is 0 Å². The van der Waals surface area contributed by atoms with Crippen molar-refractivity contribution in [3.63, 3.8) is 0 Å². The van der Waals surface area contributed by atoms with E-state index in [1.165, 1.54) is 0 Å². The summed E-state index contributed by atoms with van der Waals surface area (Å²) in [5, 5.41) is 6.62. The minimum absolute atomic E-state index is 0.774. The first-order valence-electron chi connectivity index (χ1n) is 7.68. The number of morpholine rings is 1. The van der Waals surface area contributed by atoms with Crippen LogP contribution in [0.3, 0.4) is 0 Å². The molecule has 1 aliphatic rings. The number of hydrogen-bond acceptors (Lipinski definition) is 6. The molecule has 1 aliphatic heterocycles. The van der Waals surface area contributed by atoms with Gasteiger partial charge in [0.1, 0.15) is 18.0 Å². The molecule has 1 saturated heterocycles. The Morgan fingerprint density at radius 2 is 1.83 bits per heavy atom. The van der Waals surface area contributed by atoms with Gasteiger partial charge in [0.25, 0.3) is 0 Å². The van der Waals surface area contributed by atoms with Crippen molar-refractivity contribution >= 4 is 33.3 Å². The van der Waals surface area contributed by atoms with Gasteiger partial charge < -0.3 is 15.4 Å². The van der Waals surface area contributed by atoms with Crippen molar-refractivity contribution in [2.75, 3.05) is 50.0 Å². The van der Waals surface area contributed by atoms with Gasteiger partial charge in [0.15, 0.2) is 0 Å². The molecule has 0 bridgehead atoms. The summed E-state index contributed by atoms with van der Waals surface area (Å²) in [5.74, 6) is 1.60. The van der Waals surface area contributed by atoms with Gasteiger partial charge in [-0.2, -0.15) is 0 Å². The van der Waals surface area contributed by atoms with E-state index in [0.717, 1.165) is 61.2 Å². The second-order valence-electron chi connectivity index (χ2n) is 5.30. The Hall–Kier alpha value is -1.70. The lowest BCUT2D eigenvalue weighted by Crippen LogP contribution is -2.39. The van der Waals surface area contributed by atoms with E-state index in [2.05, 4.69) is 41.4 Å². The van der Waals surface area contributed by atoms with Crippen LogP contribution in [-0.4, -0.2) is 54.3 Å². The minimum Gasteiger partial charge on any atom is -0.379 e. The van der Waals surface area contributed by atoms with Crippen LogP contribution in [0.25, 0.3) is 0 Å². The van der Waals surface area contributed by atoms with Gasteiger partial charge in [0.05, 0.1) is 13.2 Å². The number of anilines is 3. The third-order valence-electron chi connectivity index (χ3n) is 3.62. The lowest BCUT2D eigenvalue weighted by molar-refractivity contribution is 0.0398. The maximum atomic E-state index is 5.35. The fourth-order valence-electron chi connectivity index (χ4n) is 2.37. The second kappa shape index (κ2) is 8.24. The Morgan fingerprint density at radius 1 is 1.09 bits per heavy atom. The summed E-state index contributed by atoms with van der Waals surface area (Å²) in [6.45, 7) is 5.50. The van der Waals surface area contributed by atoms with E-state index in [1.807, 2.05) is 30.3 Å². The van der Waals surface area contributed by atoms with Gasteiger partial charge in [-0.15, -0.1) is 0 Å². The number of hydrogen-bond donors (Lipinski definition) is 2. The van der Waals surface area contributed by atoms with Crippen LogP contribution in [-0.2, 0) is 4.74 Å². The molecule has 6 nitrogen and oxygen atoms in total. The standard InChI is InChI=1S/C16H20BrN5O/c17-13-1-3-14(4-2-13)21-16-11-15(19-12-20-16)18-5-6-22-7-9-23-10-8-22/h1-4,11-12H,5-10H2,(H2,18,19,20,21). The molecule has 0 amide bonds.